The summed E-state index contributed by atoms with van der Waals surface area (Å²) in [5.74, 6) is 2.81. The lowest BCUT2D eigenvalue weighted by Gasteiger charge is -2.58. The van der Waals surface area contributed by atoms with Crippen LogP contribution < -0.4 is 5.73 Å². The first kappa shape index (κ1) is 15.4. The van der Waals surface area contributed by atoms with E-state index < -0.39 is 6.04 Å². The van der Waals surface area contributed by atoms with Crippen molar-refractivity contribution >= 4 is 5.91 Å². The molecule has 2 unspecified atom stereocenters. The molecule has 4 bridgehead atoms. The first-order valence-electron chi connectivity index (χ1n) is 9.41. The minimum atomic E-state index is -0.403. The second-order valence-electron chi connectivity index (χ2n) is 9.10. The number of nitrogens with two attached hydrogens (primary N) is 1. The third-order valence-corrected chi connectivity index (χ3v) is 7.61. The molecule has 5 fully saturated rings. The van der Waals surface area contributed by atoms with Gasteiger partial charge in [0.1, 0.15) is 6.04 Å². The highest BCUT2D eigenvalue weighted by Crippen LogP contribution is 2.61. The Morgan fingerprint density at radius 2 is 1.65 bits per heavy atom. The fourth-order valence-corrected chi connectivity index (χ4v) is 6.67. The Hall–Kier alpha value is -1.08. The third kappa shape index (κ3) is 2.23. The van der Waals surface area contributed by atoms with E-state index >= 15 is 0 Å². The molecule has 23 heavy (non-hydrogen) atoms. The maximum absolute atomic E-state index is 13.2. The van der Waals surface area contributed by atoms with E-state index in [1.807, 2.05) is 4.90 Å². The Morgan fingerprint density at radius 3 is 2.13 bits per heavy atom. The smallest absolute Gasteiger partial charge is 0.241 e. The van der Waals surface area contributed by atoms with Crippen molar-refractivity contribution in [3.05, 3.63) is 0 Å². The highest BCUT2D eigenvalue weighted by Gasteiger charge is 2.56. The van der Waals surface area contributed by atoms with Crippen molar-refractivity contribution in [2.24, 2.45) is 34.8 Å². The van der Waals surface area contributed by atoms with Gasteiger partial charge in [0.05, 0.1) is 12.1 Å². The van der Waals surface area contributed by atoms with Gasteiger partial charge in [-0.05, 0) is 81.0 Å². The molecule has 4 atom stereocenters. The topological polar surface area (TPSA) is 70.1 Å². The van der Waals surface area contributed by atoms with E-state index in [4.69, 9.17) is 5.73 Å². The summed E-state index contributed by atoms with van der Waals surface area (Å²) >= 11 is 0. The lowest BCUT2D eigenvalue weighted by Crippen LogP contribution is -2.61. The first-order chi connectivity index (χ1) is 10.9. The molecule has 0 spiro atoms. The highest BCUT2D eigenvalue weighted by atomic mass is 16.2. The second-order valence-corrected chi connectivity index (χ2v) is 9.10. The van der Waals surface area contributed by atoms with E-state index in [0.717, 1.165) is 43.4 Å². The number of carbonyl (C=O) groups is 1. The van der Waals surface area contributed by atoms with Crippen molar-refractivity contribution in [2.45, 2.75) is 76.9 Å². The standard InChI is InChI=1S/C19H29N3O/c1-11-3-16(10-20)22(12(11)2)18(23)17(21)19-7-13-4-14(8-19)6-15(5-13)9-19/h11-17H,3-9,21H2,1-2H3/t11?,12?,13?,14?,15?,16-,17+,19?/m0/s1. The summed E-state index contributed by atoms with van der Waals surface area (Å²) in [6.45, 7) is 4.21. The van der Waals surface area contributed by atoms with E-state index in [1.165, 1.54) is 19.3 Å². The number of nitriles is 1. The summed E-state index contributed by atoms with van der Waals surface area (Å²) in [6.07, 6.45) is 8.29. The average Bonchev–Trinajstić information content (AvgIpc) is 2.79. The van der Waals surface area contributed by atoms with Crippen LogP contribution in [0.2, 0.25) is 0 Å². The van der Waals surface area contributed by atoms with Crippen LogP contribution in [0.1, 0.15) is 58.8 Å². The fraction of sp³-hybridized carbons (Fsp3) is 0.895. The van der Waals surface area contributed by atoms with Crippen molar-refractivity contribution in [3.8, 4) is 6.07 Å². The summed E-state index contributed by atoms with van der Waals surface area (Å²) < 4.78 is 0. The Labute approximate surface area is 139 Å². The van der Waals surface area contributed by atoms with Crippen LogP contribution in [0.15, 0.2) is 0 Å². The maximum atomic E-state index is 13.2. The zero-order valence-corrected chi connectivity index (χ0v) is 14.4. The van der Waals surface area contributed by atoms with Crippen LogP contribution >= 0.6 is 0 Å². The SMILES string of the molecule is CC1C[C@@H](C#N)N(C(=O)[C@@H](N)C23CC4CC(CC(C4)C2)C3)C1C. The average molecular weight is 315 g/mol. The molecule has 0 radical (unpaired) electrons. The minimum Gasteiger partial charge on any atom is -0.322 e. The molecule has 1 heterocycles. The molecule has 126 valence electrons. The predicted molar refractivity (Wildman–Crippen MR) is 88.1 cm³/mol. The van der Waals surface area contributed by atoms with Crippen LogP contribution in [0.25, 0.3) is 0 Å². The number of amides is 1. The number of nitrogens with zero attached hydrogens (tertiary/aromatic N) is 2. The molecule has 0 aromatic carbocycles. The molecule has 4 aliphatic carbocycles. The number of hydrogen-bond donors (Lipinski definition) is 1. The summed E-state index contributed by atoms with van der Waals surface area (Å²) in [5.41, 5.74) is 6.65. The third-order valence-electron chi connectivity index (χ3n) is 7.61. The van der Waals surface area contributed by atoms with Crippen molar-refractivity contribution in [3.63, 3.8) is 0 Å². The van der Waals surface area contributed by atoms with Gasteiger partial charge in [-0.25, -0.2) is 0 Å². The molecule has 4 saturated carbocycles. The van der Waals surface area contributed by atoms with Gasteiger partial charge < -0.3 is 10.6 Å². The van der Waals surface area contributed by atoms with Crippen LogP contribution in [0.4, 0.5) is 0 Å². The van der Waals surface area contributed by atoms with Gasteiger partial charge in [0.15, 0.2) is 0 Å². The van der Waals surface area contributed by atoms with Crippen LogP contribution in [0.3, 0.4) is 0 Å². The van der Waals surface area contributed by atoms with Gasteiger partial charge in [0.25, 0.3) is 0 Å². The first-order valence-corrected chi connectivity index (χ1v) is 9.41. The zero-order valence-electron chi connectivity index (χ0n) is 14.4. The summed E-state index contributed by atoms with van der Waals surface area (Å²) in [5, 5.41) is 9.45. The lowest BCUT2D eigenvalue weighted by molar-refractivity contribution is -0.145. The molecule has 1 saturated heterocycles. The van der Waals surface area contributed by atoms with Gasteiger partial charge in [-0.15, -0.1) is 0 Å². The Balaban J connectivity index is 1.58. The monoisotopic (exact) mass is 315 g/mol. The van der Waals surface area contributed by atoms with Crippen LogP contribution in [-0.4, -0.2) is 28.9 Å². The molecule has 5 rings (SSSR count). The quantitative estimate of drug-likeness (QED) is 0.851. The van der Waals surface area contributed by atoms with Gasteiger partial charge in [0, 0.05) is 6.04 Å². The Bertz CT molecular complexity index is 516. The van der Waals surface area contributed by atoms with Crippen LogP contribution in [0.5, 0.6) is 0 Å². The molecular weight excluding hydrogens is 286 g/mol. The number of likely N-dealkylation sites (tertiary alicyclic amines) is 1. The maximum Gasteiger partial charge on any atom is 0.241 e. The largest absolute Gasteiger partial charge is 0.322 e. The van der Waals surface area contributed by atoms with Gasteiger partial charge in [-0.2, -0.15) is 5.26 Å². The molecule has 4 nitrogen and oxygen atoms in total. The summed E-state index contributed by atoms with van der Waals surface area (Å²) in [4.78, 5) is 15.1. The highest BCUT2D eigenvalue weighted by molar-refractivity contribution is 5.84. The van der Waals surface area contributed by atoms with E-state index in [-0.39, 0.29) is 23.4 Å². The van der Waals surface area contributed by atoms with E-state index in [9.17, 15) is 10.1 Å². The number of carbonyl (C=O) groups excluding carboxylic acids is 1. The van der Waals surface area contributed by atoms with Crippen LogP contribution in [-0.2, 0) is 4.79 Å². The minimum absolute atomic E-state index is 0.0252. The van der Waals surface area contributed by atoms with Gasteiger partial charge in [-0.3, -0.25) is 4.79 Å². The Morgan fingerprint density at radius 1 is 1.13 bits per heavy atom. The number of rotatable bonds is 2. The molecule has 5 aliphatic rings. The molecule has 2 N–H and O–H groups in total. The van der Waals surface area contributed by atoms with E-state index in [0.29, 0.717) is 5.92 Å². The molecule has 1 aliphatic heterocycles. The zero-order chi connectivity index (χ0) is 16.4. The molecule has 0 aromatic heterocycles. The van der Waals surface area contributed by atoms with E-state index in [1.54, 1.807) is 0 Å². The molecule has 0 aromatic rings. The van der Waals surface area contributed by atoms with Gasteiger partial charge >= 0.3 is 0 Å². The Kier molecular flexibility index (Phi) is 3.50. The molecule has 4 heteroatoms. The number of hydrogen-bond acceptors (Lipinski definition) is 3. The fourth-order valence-electron chi connectivity index (χ4n) is 6.67. The lowest BCUT2D eigenvalue weighted by atomic mass is 9.47. The molecule has 1 amide bonds. The van der Waals surface area contributed by atoms with Crippen molar-refractivity contribution in [1.29, 1.82) is 5.26 Å². The molecular formula is C19H29N3O. The van der Waals surface area contributed by atoms with Crippen molar-refractivity contribution < 1.29 is 4.79 Å². The van der Waals surface area contributed by atoms with E-state index in [2.05, 4.69) is 19.9 Å². The van der Waals surface area contributed by atoms with Crippen molar-refractivity contribution in [2.75, 3.05) is 0 Å². The van der Waals surface area contributed by atoms with Crippen molar-refractivity contribution in [1.82, 2.24) is 4.90 Å². The normalized spacial score (nSPS) is 49.2. The van der Waals surface area contributed by atoms with Gasteiger partial charge in [0.2, 0.25) is 5.91 Å². The predicted octanol–water partition coefficient (Wildman–Crippen LogP) is 2.68. The summed E-state index contributed by atoms with van der Waals surface area (Å²) in [6, 6.07) is 1.78. The second kappa shape index (κ2) is 5.21. The summed E-state index contributed by atoms with van der Waals surface area (Å²) in [7, 11) is 0. The van der Waals surface area contributed by atoms with Crippen LogP contribution in [0, 0.1) is 40.4 Å². The van der Waals surface area contributed by atoms with Gasteiger partial charge in [-0.1, -0.05) is 6.92 Å².